The van der Waals surface area contributed by atoms with Crippen LogP contribution >= 0.6 is 11.8 Å². The van der Waals surface area contributed by atoms with E-state index in [9.17, 15) is 4.79 Å². The van der Waals surface area contributed by atoms with Gasteiger partial charge in [0.2, 0.25) is 0 Å². The lowest BCUT2D eigenvalue weighted by Gasteiger charge is -2.26. The maximum absolute atomic E-state index is 11.5. The molecule has 3 aliphatic heterocycles. The number of thioether (sulfide) groups is 1. The predicted molar refractivity (Wildman–Crippen MR) is 99.5 cm³/mol. The van der Waals surface area contributed by atoms with Gasteiger partial charge in [0.05, 0.1) is 16.9 Å². The van der Waals surface area contributed by atoms with Crippen molar-refractivity contribution in [2.45, 2.75) is 24.6 Å². The summed E-state index contributed by atoms with van der Waals surface area (Å²) >= 11 is 1.51. The van der Waals surface area contributed by atoms with E-state index in [0.29, 0.717) is 10.7 Å². The van der Waals surface area contributed by atoms with Crippen LogP contribution in [0.3, 0.4) is 0 Å². The quantitative estimate of drug-likeness (QED) is 0.455. The van der Waals surface area contributed by atoms with Crippen LogP contribution in [0.15, 0.2) is 56.0 Å². The van der Waals surface area contributed by atoms with Crippen molar-refractivity contribution in [3.63, 3.8) is 0 Å². The number of hydrogen-bond donors (Lipinski definition) is 2. The fourth-order valence-electron chi connectivity index (χ4n) is 2.72. The molecule has 0 spiro atoms. The van der Waals surface area contributed by atoms with Crippen LogP contribution in [0.1, 0.15) is 19.3 Å². The van der Waals surface area contributed by atoms with E-state index in [1.807, 2.05) is 43.6 Å². The Bertz CT molecular complexity index is 700. The normalized spacial score (nSPS) is 23.1. The maximum atomic E-state index is 11.5. The molecule has 0 saturated heterocycles. The Labute approximate surface area is 146 Å². The smallest absolute Gasteiger partial charge is 0.158 e. The van der Waals surface area contributed by atoms with Crippen LogP contribution in [0.5, 0.6) is 0 Å². The lowest BCUT2D eigenvalue weighted by molar-refractivity contribution is -0.104. The molecule has 0 fully saturated rings. The zero-order valence-electron chi connectivity index (χ0n) is 13.8. The third-order valence-electron chi connectivity index (χ3n) is 3.87. The van der Waals surface area contributed by atoms with Gasteiger partial charge in [-0.05, 0) is 37.6 Å². The minimum Gasteiger partial charge on any atom is -0.377 e. The number of rotatable bonds is 5. The van der Waals surface area contributed by atoms with Crippen LogP contribution in [0, 0.1) is 0 Å². The van der Waals surface area contributed by atoms with Crippen molar-refractivity contribution in [2.24, 2.45) is 9.98 Å². The summed E-state index contributed by atoms with van der Waals surface area (Å²) in [7, 11) is 3.99. The molecule has 0 aromatic rings. The van der Waals surface area contributed by atoms with Crippen LogP contribution < -0.4 is 10.6 Å². The molecule has 3 rings (SSSR count). The van der Waals surface area contributed by atoms with Gasteiger partial charge in [0.25, 0.3) is 0 Å². The van der Waals surface area contributed by atoms with Gasteiger partial charge >= 0.3 is 0 Å². The van der Waals surface area contributed by atoms with E-state index < -0.39 is 0 Å². The minimum atomic E-state index is 0.0404. The molecule has 0 aliphatic carbocycles. The number of nitrogens with zero attached hydrogens (tertiary/aromatic N) is 3. The average Bonchev–Trinajstić information content (AvgIpc) is 2.75. The molecule has 0 aromatic carbocycles. The fourth-order valence-corrected chi connectivity index (χ4v) is 3.82. The zero-order valence-corrected chi connectivity index (χ0v) is 14.6. The Balaban J connectivity index is 1.85. The molecular weight excluding hydrogens is 322 g/mol. The van der Waals surface area contributed by atoms with Crippen LogP contribution in [0.2, 0.25) is 0 Å². The summed E-state index contributed by atoms with van der Waals surface area (Å²) in [4.78, 5) is 22.9. The third-order valence-corrected chi connectivity index (χ3v) is 5.03. The first-order chi connectivity index (χ1) is 11.7. The summed E-state index contributed by atoms with van der Waals surface area (Å²) in [6.07, 6.45) is 13.4. The van der Waals surface area contributed by atoms with E-state index >= 15 is 0 Å². The van der Waals surface area contributed by atoms with E-state index in [2.05, 4.69) is 20.6 Å². The van der Waals surface area contributed by atoms with Gasteiger partial charge in [-0.2, -0.15) is 0 Å². The van der Waals surface area contributed by atoms with Gasteiger partial charge in [0.1, 0.15) is 11.2 Å². The largest absolute Gasteiger partial charge is 0.377 e. The molecule has 1 unspecified atom stereocenters. The standard InChI is InChI=1S/C17H21N5OS/c1-22(2)12-7-9-19-17-15(12)16(13(10-23)24-17)21-11-20-14-6-4-3-5-8-18-14/h6-11,17,19H,3-5H2,1-2H3,(H,20,21). The van der Waals surface area contributed by atoms with Crippen molar-refractivity contribution < 1.29 is 4.79 Å². The van der Waals surface area contributed by atoms with Gasteiger partial charge in [-0.25, -0.2) is 9.98 Å². The van der Waals surface area contributed by atoms with Crippen molar-refractivity contribution in [3.8, 4) is 0 Å². The number of allylic oxidation sites excluding steroid dienone is 3. The Morgan fingerprint density at radius 1 is 1.46 bits per heavy atom. The lowest BCUT2D eigenvalue weighted by Crippen LogP contribution is -2.31. The molecule has 0 radical (unpaired) electrons. The number of aldehydes is 1. The molecule has 24 heavy (non-hydrogen) atoms. The Kier molecular flexibility index (Phi) is 5.20. The maximum Gasteiger partial charge on any atom is 0.158 e. The second-order valence-electron chi connectivity index (χ2n) is 5.76. The fraction of sp³-hybridized carbons (Fsp3) is 0.353. The molecule has 0 bridgehead atoms. The molecular formula is C17H21N5OS. The summed E-state index contributed by atoms with van der Waals surface area (Å²) in [5.74, 6) is 0.707. The number of nitrogens with one attached hydrogen (secondary N) is 2. The first-order valence-electron chi connectivity index (χ1n) is 7.93. The number of aliphatic imine (C=N–C) groups is 2. The molecule has 7 heteroatoms. The number of carbonyl (C=O) groups excluding carboxylic acids is 1. The highest BCUT2D eigenvalue weighted by Crippen LogP contribution is 2.41. The SMILES string of the molecule is CN(C)C1=C2C(N/C=N/C3=CCCCC=N3)=C(C=O)SC2NC=C1. The van der Waals surface area contributed by atoms with Crippen LogP contribution in [-0.2, 0) is 4.79 Å². The first-order valence-corrected chi connectivity index (χ1v) is 8.81. The average molecular weight is 343 g/mol. The molecule has 0 aromatic heterocycles. The Hall–Kier alpha value is -2.28. The van der Waals surface area contributed by atoms with Crippen molar-refractivity contribution in [1.29, 1.82) is 0 Å². The second kappa shape index (κ2) is 7.53. The Morgan fingerprint density at radius 2 is 2.33 bits per heavy atom. The molecule has 6 nitrogen and oxygen atoms in total. The van der Waals surface area contributed by atoms with Crippen molar-refractivity contribution in [1.82, 2.24) is 15.5 Å². The Morgan fingerprint density at radius 3 is 3.12 bits per heavy atom. The molecule has 0 saturated carbocycles. The molecule has 126 valence electrons. The van der Waals surface area contributed by atoms with Gasteiger partial charge in [-0.15, -0.1) is 0 Å². The monoisotopic (exact) mass is 343 g/mol. The van der Waals surface area contributed by atoms with Crippen LogP contribution in [0.25, 0.3) is 0 Å². The van der Waals surface area contributed by atoms with Gasteiger partial charge in [0, 0.05) is 31.6 Å². The predicted octanol–water partition coefficient (Wildman–Crippen LogP) is 2.12. The van der Waals surface area contributed by atoms with Gasteiger partial charge in [-0.1, -0.05) is 11.8 Å². The molecule has 3 heterocycles. The highest BCUT2D eigenvalue weighted by Gasteiger charge is 2.33. The molecule has 1 atom stereocenters. The summed E-state index contributed by atoms with van der Waals surface area (Å²) < 4.78 is 0. The van der Waals surface area contributed by atoms with E-state index in [1.165, 1.54) is 11.8 Å². The first kappa shape index (κ1) is 16.6. The van der Waals surface area contributed by atoms with Gasteiger partial charge < -0.3 is 15.5 Å². The number of hydrogen-bond acceptors (Lipinski definition) is 6. The summed E-state index contributed by atoms with van der Waals surface area (Å²) in [6.45, 7) is 0. The van der Waals surface area contributed by atoms with Gasteiger partial charge in [0.15, 0.2) is 6.29 Å². The topological polar surface area (TPSA) is 69.1 Å². The number of dihydropyridines is 1. The second-order valence-corrected chi connectivity index (χ2v) is 6.90. The van der Waals surface area contributed by atoms with Crippen molar-refractivity contribution >= 4 is 30.6 Å². The zero-order chi connectivity index (χ0) is 16.9. The highest BCUT2D eigenvalue weighted by molar-refractivity contribution is 8.05. The molecule has 2 N–H and O–H groups in total. The number of fused-ring (bicyclic) bond motifs is 1. The van der Waals surface area contributed by atoms with E-state index in [4.69, 9.17) is 0 Å². The minimum absolute atomic E-state index is 0.0404. The van der Waals surface area contributed by atoms with E-state index in [-0.39, 0.29) is 5.37 Å². The van der Waals surface area contributed by atoms with Crippen LogP contribution in [0.4, 0.5) is 0 Å². The summed E-state index contributed by atoms with van der Waals surface area (Å²) in [5.41, 5.74) is 2.95. The highest BCUT2D eigenvalue weighted by atomic mass is 32.2. The third kappa shape index (κ3) is 3.46. The van der Waals surface area contributed by atoms with Crippen molar-refractivity contribution in [3.05, 3.63) is 46.0 Å². The number of likely N-dealkylation sites (N-methyl/N-ethyl adjacent to an activating group) is 1. The van der Waals surface area contributed by atoms with Crippen LogP contribution in [-0.4, -0.2) is 43.2 Å². The lowest BCUT2D eigenvalue weighted by atomic mass is 10.1. The van der Waals surface area contributed by atoms with E-state index in [0.717, 1.165) is 42.5 Å². The molecule has 0 amide bonds. The van der Waals surface area contributed by atoms with Crippen molar-refractivity contribution in [2.75, 3.05) is 14.1 Å². The summed E-state index contributed by atoms with van der Waals surface area (Å²) in [6, 6.07) is 0. The van der Waals surface area contributed by atoms with Gasteiger partial charge in [-0.3, -0.25) is 4.79 Å². The van der Waals surface area contributed by atoms with E-state index in [1.54, 1.807) is 6.34 Å². The molecule has 3 aliphatic rings. The summed E-state index contributed by atoms with van der Waals surface area (Å²) in [5, 5.41) is 6.52. The number of carbonyl (C=O) groups is 1.